The molecule has 0 aliphatic rings. The van der Waals surface area contributed by atoms with Gasteiger partial charge in [0.15, 0.2) is 0 Å². The molecule has 1 aromatic carbocycles. The summed E-state index contributed by atoms with van der Waals surface area (Å²) in [5, 5.41) is 3.30. The average molecular weight is 379 g/mol. The molecule has 0 saturated heterocycles. The largest absolute Gasteiger partial charge is 0.383 e. The van der Waals surface area contributed by atoms with E-state index in [0.717, 1.165) is 28.8 Å². The Morgan fingerprint density at radius 1 is 1.38 bits per heavy atom. The number of sulfone groups is 1. The van der Waals surface area contributed by atoms with Crippen molar-refractivity contribution in [2.75, 3.05) is 50.8 Å². The lowest BCUT2D eigenvalue weighted by Gasteiger charge is -2.23. The molecular weight excluding hydrogens is 356 g/mol. The first-order chi connectivity index (χ1) is 9.83. The van der Waals surface area contributed by atoms with E-state index in [2.05, 4.69) is 21.2 Å². The molecule has 0 heterocycles. The van der Waals surface area contributed by atoms with Crippen LogP contribution in [0.3, 0.4) is 0 Å². The van der Waals surface area contributed by atoms with Crippen LogP contribution >= 0.6 is 15.9 Å². The van der Waals surface area contributed by atoms with Crippen LogP contribution < -0.4 is 10.2 Å². The fourth-order valence-corrected chi connectivity index (χ4v) is 2.82. The molecule has 0 unspecified atom stereocenters. The smallest absolute Gasteiger partial charge is 0.149 e. The molecule has 120 valence electrons. The van der Waals surface area contributed by atoms with Crippen LogP contribution in [0.25, 0.3) is 0 Å². The number of nitrogens with zero attached hydrogens (tertiary/aromatic N) is 1. The predicted octanol–water partition coefficient (Wildman–Crippen LogP) is 1.67. The summed E-state index contributed by atoms with van der Waals surface area (Å²) in [5.74, 6) is 0.145. The number of benzene rings is 1. The molecule has 0 spiro atoms. The third kappa shape index (κ3) is 7.26. The van der Waals surface area contributed by atoms with Crippen molar-refractivity contribution >= 4 is 31.5 Å². The number of hydrogen-bond donors (Lipinski definition) is 1. The Kier molecular flexibility index (Phi) is 7.65. The molecule has 0 radical (unpaired) electrons. The van der Waals surface area contributed by atoms with Gasteiger partial charge in [-0.3, -0.25) is 0 Å². The number of rotatable bonds is 9. The molecule has 5 nitrogen and oxygen atoms in total. The summed E-state index contributed by atoms with van der Waals surface area (Å²) in [6.45, 7) is 2.63. The third-order valence-electron chi connectivity index (χ3n) is 3.05. The van der Waals surface area contributed by atoms with Gasteiger partial charge in [0.1, 0.15) is 9.84 Å². The molecule has 1 aromatic rings. The minimum absolute atomic E-state index is 0.145. The van der Waals surface area contributed by atoms with E-state index < -0.39 is 9.84 Å². The Bertz CT molecular complexity index is 549. The molecular formula is C14H23BrN2O3S. The highest BCUT2D eigenvalue weighted by molar-refractivity contribution is 9.10. The maximum absolute atomic E-state index is 11.3. The summed E-state index contributed by atoms with van der Waals surface area (Å²) in [7, 11) is 0.621. The molecule has 0 aliphatic heterocycles. The minimum atomic E-state index is -2.96. The van der Waals surface area contributed by atoms with Crippen molar-refractivity contribution in [1.82, 2.24) is 5.32 Å². The molecule has 7 heteroatoms. The summed E-state index contributed by atoms with van der Waals surface area (Å²) in [6.07, 6.45) is 1.26. The van der Waals surface area contributed by atoms with Gasteiger partial charge in [-0.1, -0.05) is 22.0 Å². The number of methoxy groups -OCH3 is 1. The summed E-state index contributed by atoms with van der Waals surface area (Å²) in [6, 6.07) is 6.03. The van der Waals surface area contributed by atoms with Crippen molar-refractivity contribution < 1.29 is 13.2 Å². The normalized spacial score (nSPS) is 11.6. The summed E-state index contributed by atoms with van der Waals surface area (Å²) in [5.41, 5.74) is 2.16. The number of halogens is 1. The van der Waals surface area contributed by atoms with Gasteiger partial charge >= 0.3 is 0 Å². The summed E-state index contributed by atoms with van der Waals surface area (Å²) in [4.78, 5) is 1.97. The Hall–Kier alpha value is -0.630. The molecule has 0 aromatic heterocycles. The fourth-order valence-electron chi connectivity index (χ4n) is 1.86. The van der Waals surface area contributed by atoms with Crippen molar-refractivity contribution in [3.63, 3.8) is 0 Å². The molecule has 1 N–H and O–H groups in total. The van der Waals surface area contributed by atoms with Gasteiger partial charge in [0.25, 0.3) is 0 Å². The van der Waals surface area contributed by atoms with E-state index in [9.17, 15) is 8.42 Å². The number of anilines is 1. The quantitative estimate of drug-likeness (QED) is 0.662. The van der Waals surface area contributed by atoms with E-state index in [1.807, 2.05) is 30.1 Å². The summed E-state index contributed by atoms with van der Waals surface area (Å²) < 4.78 is 28.6. The number of nitrogens with one attached hydrogen (secondary N) is 1. The maximum atomic E-state index is 11.3. The third-order valence-corrected chi connectivity index (χ3v) is 4.47. The first-order valence-corrected chi connectivity index (χ1v) is 9.56. The van der Waals surface area contributed by atoms with E-state index in [0.29, 0.717) is 13.2 Å². The second-order valence-corrected chi connectivity index (χ2v) is 8.17. The topological polar surface area (TPSA) is 58.6 Å². The molecule has 0 aliphatic carbocycles. The van der Waals surface area contributed by atoms with Gasteiger partial charge in [-0.25, -0.2) is 8.42 Å². The van der Waals surface area contributed by atoms with E-state index in [1.165, 1.54) is 6.26 Å². The van der Waals surface area contributed by atoms with Crippen LogP contribution in [0, 0.1) is 0 Å². The second kappa shape index (κ2) is 8.73. The Morgan fingerprint density at radius 3 is 2.71 bits per heavy atom. The molecule has 0 atom stereocenters. The average Bonchev–Trinajstić information content (AvgIpc) is 2.41. The highest BCUT2D eigenvalue weighted by Crippen LogP contribution is 2.24. The SMILES string of the molecule is COCCNCc1ccc(Br)cc1N(C)CCS(C)(=O)=O. The lowest BCUT2D eigenvalue weighted by atomic mass is 10.1. The van der Waals surface area contributed by atoms with Gasteiger partial charge in [0.05, 0.1) is 12.4 Å². The predicted molar refractivity (Wildman–Crippen MR) is 90.7 cm³/mol. The summed E-state index contributed by atoms with van der Waals surface area (Å²) >= 11 is 3.46. The van der Waals surface area contributed by atoms with E-state index in [1.54, 1.807) is 7.11 Å². The molecule has 0 bridgehead atoms. The van der Waals surface area contributed by atoms with Crippen LogP contribution in [0.2, 0.25) is 0 Å². The minimum Gasteiger partial charge on any atom is -0.383 e. The van der Waals surface area contributed by atoms with E-state index in [-0.39, 0.29) is 5.75 Å². The van der Waals surface area contributed by atoms with Gasteiger partial charge < -0.3 is 15.0 Å². The van der Waals surface area contributed by atoms with E-state index in [4.69, 9.17) is 4.74 Å². The number of hydrogen-bond acceptors (Lipinski definition) is 5. The lowest BCUT2D eigenvalue weighted by Crippen LogP contribution is -2.27. The monoisotopic (exact) mass is 378 g/mol. The molecule has 0 saturated carbocycles. The van der Waals surface area contributed by atoms with Crippen molar-refractivity contribution in [2.45, 2.75) is 6.54 Å². The first kappa shape index (κ1) is 18.4. The van der Waals surface area contributed by atoms with Crippen molar-refractivity contribution in [3.05, 3.63) is 28.2 Å². The second-order valence-electron chi connectivity index (χ2n) is 4.99. The fraction of sp³-hybridized carbons (Fsp3) is 0.571. The van der Waals surface area contributed by atoms with Crippen molar-refractivity contribution in [1.29, 1.82) is 0 Å². The zero-order chi connectivity index (χ0) is 15.9. The van der Waals surface area contributed by atoms with Gasteiger partial charge in [-0.05, 0) is 17.7 Å². The van der Waals surface area contributed by atoms with Gasteiger partial charge in [-0.15, -0.1) is 0 Å². The molecule has 0 amide bonds. The van der Waals surface area contributed by atoms with Crippen LogP contribution in [0.15, 0.2) is 22.7 Å². The van der Waals surface area contributed by atoms with Crippen LogP contribution in [-0.4, -0.2) is 54.3 Å². The van der Waals surface area contributed by atoms with Crippen LogP contribution in [-0.2, 0) is 21.1 Å². The van der Waals surface area contributed by atoms with E-state index >= 15 is 0 Å². The van der Waals surface area contributed by atoms with Gasteiger partial charge in [0, 0.05) is 50.2 Å². The van der Waals surface area contributed by atoms with Crippen LogP contribution in [0.1, 0.15) is 5.56 Å². The van der Waals surface area contributed by atoms with Crippen molar-refractivity contribution in [3.8, 4) is 0 Å². The van der Waals surface area contributed by atoms with Gasteiger partial charge in [0.2, 0.25) is 0 Å². The van der Waals surface area contributed by atoms with Crippen LogP contribution in [0.5, 0.6) is 0 Å². The highest BCUT2D eigenvalue weighted by Gasteiger charge is 2.11. The maximum Gasteiger partial charge on any atom is 0.149 e. The zero-order valence-electron chi connectivity index (χ0n) is 12.7. The lowest BCUT2D eigenvalue weighted by molar-refractivity contribution is 0.199. The van der Waals surface area contributed by atoms with Gasteiger partial charge in [-0.2, -0.15) is 0 Å². The standard InChI is InChI=1S/C14H23BrN2O3S/c1-17(7-9-21(3,18)19)14-10-13(15)5-4-12(14)11-16-6-8-20-2/h4-5,10,16H,6-9,11H2,1-3H3. The highest BCUT2D eigenvalue weighted by atomic mass is 79.9. The molecule has 1 rings (SSSR count). The first-order valence-electron chi connectivity index (χ1n) is 6.70. The Labute approximate surface area is 135 Å². The Morgan fingerprint density at radius 2 is 2.10 bits per heavy atom. The number of ether oxygens (including phenoxy) is 1. The van der Waals surface area contributed by atoms with Crippen molar-refractivity contribution in [2.24, 2.45) is 0 Å². The Balaban J connectivity index is 2.75. The zero-order valence-corrected chi connectivity index (χ0v) is 15.1. The molecule has 21 heavy (non-hydrogen) atoms. The molecule has 0 fully saturated rings. The van der Waals surface area contributed by atoms with Crippen LogP contribution in [0.4, 0.5) is 5.69 Å².